The van der Waals surface area contributed by atoms with Crippen molar-refractivity contribution < 1.29 is 19.0 Å². The molecule has 0 spiro atoms. The van der Waals surface area contributed by atoms with Crippen LogP contribution in [0.15, 0.2) is 12.1 Å². The number of rotatable bonds is 3. The van der Waals surface area contributed by atoms with Gasteiger partial charge < -0.3 is 19.5 Å². The summed E-state index contributed by atoms with van der Waals surface area (Å²) in [6, 6.07) is 3.30. The monoisotopic (exact) mass is 237 g/mol. The van der Waals surface area contributed by atoms with Crippen LogP contribution in [0.25, 0.3) is 0 Å². The molecule has 1 heterocycles. The summed E-state index contributed by atoms with van der Waals surface area (Å²) in [5, 5.41) is 3.10. The molecule has 1 unspecified atom stereocenters. The van der Waals surface area contributed by atoms with Gasteiger partial charge in [0, 0.05) is 29.8 Å². The minimum Gasteiger partial charge on any atom is -0.497 e. The van der Waals surface area contributed by atoms with Gasteiger partial charge in [-0.25, -0.2) is 4.79 Å². The summed E-state index contributed by atoms with van der Waals surface area (Å²) in [6.07, 6.45) is 0.565. The lowest BCUT2D eigenvalue weighted by Gasteiger charge is -2.09. The van der Waals surface area contributed by atoms with E-state index in [1.807, 2.05) is 6.07 Å². The van der Waals surface area contributed by atoms with Gasteiger partial charge in [0.2, 0.25) is 0 Å². The Labute approximate surface area is 99.7 Å². The second kappa shape index (κ2) is 4.53. The number of benzene rings is 1. The fourth-order valence-corrected chi connectivity index (χ4v) is 1.99. The Morgan fingerprint density at radius 2 is 2.06 bits per heavy atom. The number of carbonyl (C=O) groups excluding carboxylic acids is 1. The van der Waals surface area contributed by atoms with Crippen LogP contribution >= 0.6 is 0 Å². The van der Waals surface area contributed by atoms with Crippen molar-refractivity contribution in [2.24, 2.45) is 0 Å². The first-order valence-electron chi connectivity index (χ1n) is 5.29. The van der Waals surface area contributed by atoms with Gasteiger partial charge in [-0.3, -0.25) is 0 Å². The van der Waals surface area contributed by atoms with Crippen molar-refractivity contribution >= 4 is 11.7 Å². The average molecular weight is 237 g/mol. The molecule has 2 rings (SSSR count). The highest BCUT2D eigenvalue weighted by Gasteiger charge is 2.30. The van der Waals surface area contributed by atoms with Crippen LogP contribution in [0, 0.1) is 0 Å². The van der Waals surface area contributed by atoms with E-state index in [-0.39, 0.29) is 12.0 Å². The van der Waals surface area contributed by atoms with Crippen LogP contribution in [0.3, 0.4) is 0 Å². The van der Waals surface area contributed by atoms with Crippen LogP contribution in [-0.2, 0) is 16.0 Å². The molecule has 5 nitrogen and oxygen atoms in total. The van der Waals surface area contributed by atoms with Gasteiger partial charge in [0.15, 0.2) is 0 Å². The molecule has 0 saturated carbocycles. The van der Waals surface area contributed by atoms with Gasteiger partial charge in [0.1, 0.15) is 17.5 Å². The maximum atomic E-state index is 11.5. The molecule has 92 valence electrons. The molecule has 17 heavy (non-hydrogen) atoms. The summed E-state index contributed by atoms with van der Waals surface area (Å²) >= 11 is 0. The predicted octanol–water partition coefficient (Wildman–Crippen LogP) is 1.21. The zero-order chi connectivity index (χ0) is 12.4. The van der Waals surface area contributed by atoms with Crippen molar-refractivity contribution in [3.8, 4) is 11.5 Å². The average Bonchev–Trinajstić information content (AvgIpc) is 2.80. The molecule has 0 aromatic heterocycles. The lowest BCUT2D eigenvalue weighted by molar-refractivity contribution is -0.141. The summed E-state index contributed by atoms with van der Waals surface area (Å²) in [4.78, 5) is 11.5. The van der Waals surface area contributed by atoms with E-state index in [0.29, 0.717) is 12.2 Å². The minimum atomic E-state index is -0.351. The Bertz CT molecular complexity index is 444. The van der Waals surface area contributed by atoms with Crippen molar-refractivity contribution in [3.05, 3.63) is 17.7 Å². The molecule has 0 aliphatic carbocycles. The van der Waals surface area contributed by atoms with Crippen LogP contribution in [0.2, 0.25) is 0 Å². The van der Waals surface area contributed by atoms with Crippen molar-refractivity contribution in [2.75, 3.05) is 26.6 Å². The molecule has 0 bridgehead atoms. The number of esters is 1. The first-order valence-corrected chi connectivity index (χ1v) is 5.29. The summed E-state index contributed by atoms with van der Waals surface area (Å²) in [6.45, 7) is 0. The first kappa shape index (κ1) is 11.6. The number of fused-ring (bicyclic) bond motifs is 1. The Morgan fingerprint density at radius 3 is 2.65 bits per heavy atom. The van der Waals surface area contributed by atoms with Gasteiger partial charge in [-0.2, -0.15) is 0 Å². The molecular weight excluding hydrogens is 222 g/mol. The second-order valence-electron chi connectivity index (χ2n) is 3.78. The molecule has 5 heteroatoms. The first-order chi connectivity index (χ1) is 8.19. The summed E-state index contributed by atoms with van der Waals surface area (Å²) in [5.74, 6) is 1.14. The molecule has 0 fully saturated rings. The van der Waals surface area contributed by atoms with Gasteiger partial charge in [-0.05, 0) is 0 Å². The van der Waals surface area contributed by atoms with Gasteiger partial charge in [-0.15, -0.1) is 0 Å². The lowest BCUT2D eigenvalue weighted by atomic mass is 10.1. The van der Waals surface area contributed by atoms with E-state index < -0.39 is 0 Å². The molecule has 0 saturated heterocycles. The SMILES string of the molecule is COC(=O)C1Cc2c(cc(OC)cc2OC)N1. The minimum absolute atomic E-state index is 0.276. The van der Waals surface area contributed by atoms with E-state index in [9.17, 15) is 4.79 Å². The fourth-order valence-electron chi connectivity index (χ4n) is 1.99. The molecule has 1 aromatic rings. The molecule has 1 aromatic carbocycles. The maximum Gasteiger partial charge on any atom is 0.328 e. The van der Waals surface area contributed by atoms with Crippen LogP contribution < -0.4 is 14.8 Å². The largest absolute Gasteiger partial charge is 0.497 e. The highest BCUT2D eigenvalue weighted by Crippen LogP contribution is 2.37. The van der Waals surface area contributed by atoms with Gasteiger partial charge in [-0.1, -0.05) is 0 Å². The van der Waals surface area contributed by atoms with Gasteiger partial charge in [0.05, 0.1) is 21.3 Å². The maximum absolute atomic E-state index is 11.5. The number of nitrogens with one attached hydrogen (secondary N) is 1. The van der Waals surface area contributed by atoms with Crippen molar-refractivity contribution in [3.63, 3.8) is 0 Å². The van der Waals surface area contributed by atoms with Crippen molar-refractivity contribution in [1.82, 2.24) is 0 Å². The Hall–Kier alpha value is -1.91. The summed E-state index contributed by atoms with van der Waals surface area (Å²) in [7, 11) is 4.57. The third kappa shape index (κ3) is 2.00. The molecule has 1 aliphatic heterocycles. The number of ether oxygens (including phenoxy) is 3. The van der Waals surface area contributed by atoms with Crippen LogP contribution in [-0.4, -0.2) is 33.3 Å². The zero-order valence-corrected chi connectivity index (χ0v) is 10.1. The number of carbonyl (C=O) groups is 1. The summed E-state index contributed by atoms with van der Waals surface area (Å²) < 4.78 is 15.2. The Kier molecular flexibility index (Phi) is 3.08. The molecule has 1 N–H and O–H groups in total. The van der Waals surface area contributed by atoms with Gasteiger partial charge >= 0.3 is 5.97 Å². The summed E-state index contributed by atoms with van der Waals surface area (Å²) in [5.41, 5.74) is 1.83. The molecule has 0 amide bonds. The number of hydrogen-bond donors (Lipinski definition) is 1. The third-order valence-electron chi connectivity index (χ3n) is 2.86. The normalized spacial score (nSPS) is 17.0. The predicted molar refractivity (Wildman–Crippen MR) is 62.7 cm³/mol. The molecular formula is C12H15NO4. The van der Waals surface area contributed by atoms with Crippen molar-refractivity contribution in [2.45, 2.75) is 12.5 Å². The fraction of sp³-hybridized carbons (Fsp3) is 0.417. The molecule has 1 aliphatic rings. The number of anilines is 1. The highest BCUT2D eigenvalue weighted by molar-refractivity contribution is 5.84. The van der Waals surface area contributed by atoms with E-state index in [1.165, 1.54) is 7.11 Å². The van der Waals surface area contributed by atoms with Crippen LogP contribution in [0.5, 0.6) is 11.5 Å². The molecule has 1 atom stereocenters. The lowest BCUT2D eigenvalue weighted by Crippen LogP contribution is -2.27. The van der Waals surface area contributed by atoms with E-state index in [4.69, 9.17) is 14.2 Å². The highest BCUT2D eigenvalue weighted by atomic mass is 16.5. The standard InChI is InChI=1S/C12H15NO4/c1-15-7-4-9-8(11(5-7)16-2)6-10(13-9)12(14)17-3/h4-5,10,13H,6H2,1-3H3. The van der Waals surface area contributed by atoms with Crippen LogP contribution in [0.4, 0.5) is 5.69 Å². The zero-order valence-electron chi connectivity index (χ0n) is 10.1. The van der Waals surface area contributed by atoms with E-state index in [1.54, 1.807) is 20.3 Å². The van der Waals surface area contributed by atoms with Gasteiger partial charge in [0.25, 0.3) is 0 Å². The Morgan fingerprint density at radius 1 is 1.29 bits per heavy atom. The topological polar surface area (TPSA) is 56.8 Å². The number of hydrogen-bond acceptors (Lipinski definition) is 5. The Balaban J connectivity index is 2.33. The van der Waals surface area contributed by atoms with E-state index in [2.05, 4.69) is 5.32 Å². The quantitative estimate of drug-likeness (QED) is 0.801. The van der Waals surface area contributed by atoms with Crippen molar-refractivity contribution in [1.29, 1.82) is 0 Å². The van der Waals surface area contributed by atoms with E-state index in [0.717, 1.165) is 17.0 Å². The number of methoxy groups -OCH3 is 3. The smallest absolute Gasteiger partial charge is 0.328 e. The third-order valence-corrected chi connectivity index (χ3v) is 2.86. The van der Waals surface area contributed by atoms with Crippen LogP contribution in [0.1, 0.15) is 5.56 Å². The van der Waals surface area contributed by atoms with E-state index >= 15 is 0 Å². The second-order valence-corrected chi connectivity index (χ2v) is 3.78. The molecule has 0 radical (unpaired) electrons.